The Labute approximate surface area is 130 Å². The fourth-order valence-corrected chi connectivity index (χ4v) is 3.48. The zero-order chi connectivity index (χ0) is 15.5. The van der Waals surface area contributed by atoms with Gasteiger partial charge < -0.3 is 10.4 Å². The molecule has 0 saturated heterocycles. The minimum atomic E-state index is -0.741. The summed E-state index contributed by atoms with van der Waals surface area (Å²) in [6.07, 6.45) is 6.92. The number of hydrogen-bond donors (Lipinski definition) is 2. The van der Waals surface area contributed by atoms with Gasteiger partial charge in [0.2, 0.25) is 5.91 Å². The largest absolute Gasteiger partial charge is 0.481 e. The van der Waals surface area contributed by atoms with Crippen LogP contribution in [0.4, 0.5) is 5.82 Å². The third-order valence-electron chi connectivity index (χ3n) is 4.88. The number of nitrogens with zero attached hydrogens (tertiary/aromatic N) is 1. The number of aromatic nitrogens is 1. The van der Waals surface area contributed by atoms with Crippen molar-refractivity contribution in [3.63, 3.8) is 0 Å². The SMILES string of the molecule is O=C(O)C1CCC(C(=O)Nc2ccc3c(n2)CCCC3)CC1. The molecule has 0 radical (unpaired) electrons. The highest BCUT2D eigenvalue weighted by atomic mass is 16.4. The van der Waals surface area contributed by atoms with E-state index in [0.717, 1.165) is 25.0 Å². The number of hydrogen-bond acceptors (Lipinski definition) is 3. The highest BCUT2D eigenvalue weighted by Crippen LogP contribution is 2.30. The number of fused-ring (bicyclic) bond motifs is 1. The molecule has 5 nitrogen and oxygen atoms in total. The number of carboxylic acids is 1. The molecule has 0 atom stereocenters. The van der Waals surface area contributed by atoms with Gasteiger partial charge in [0.1, 0.15) is 5.82 Å². The summed E-state index contributed by atoms with van der Waals surface area (Å²) in [4.78, 5) is 27.8. The average molecular weight is 302 g/mol. The second kappa shape index (κ2) is 6.46. The monoisotopic (exact) mass is 302 g/mol. The number of carboxylic acid groups (broad SMARTS) is 1. The second-order valence-corrected chi connectivity index (χ2v) is 6.39. The highest BCUT2D eigenvalue weighted by Gasteiger charge is 2.29. The summed E-state index contributed by atoms with van der Waals surface area (Å²) in [6.45, 7) is 0. The Kier molecular flexibility index (Phi) is 4.41. The van der Waals surface area contributed by atoms with Gasteiger partial charge in [-0.15, -0.1) is 0 Å². The van der Waals surface area contributed by atoms with Crippen LogP contribution in [0.2, 0.25) is 0 Å². The van der Waals surface area contributed by atoms with Gasteiger partial charge in [-0.05, 0) is 63.0 Å². The van der Waals surface area contributed by atoms with Crippen molar-refractivity contribution >= 4 is 17.7 Å². The molecule has 0 aromatic carbocycles. The van der Waals surface area contributed by atoms with E-state index in [2.05, 4.69) is 16.4 Å². The smallest absolute Gasteiger partial charge is 0.306 e. The molecule has 1 amide bonds. The maximum atomic E-state index is 12.3. The fourth-order valence-electron chi connectivity index (χ4n) is 3.48. The molecule has 1 fully saturated rings. The number of aryl methyl sites for hydroxylation is 2. The predicted molar refractivity (Wildman–Crippen MR) is 82.6 cm³/mol. The van der Waals surface area contributed by atoms with Gasteiger partial charge in [-0.1, -0.05) is 6.07 Å². The molecule has 1 aromatic rings. The van der Waals surface area contributed by atoms with E-state index in [0.29, 0.717) is 31.5 Å². The van der Waals surface area contributed by atoms with Crippen molar-refractivity contribution in [1.82, 2.24) is 4.98 Å². The Morgan fingerprint density at radius 1 is 1.05 bits per heavy atom. The van der Waals surface area contributed by atoms with Crippen LogP contribution in [-0.4, -0.2) is 22.0 Å². The lowest BCUT2D eigenvalue weighted by atomic mass is 9.81. The lowest BCUT2D eigenvalue weighted by Crippen LogP contribution is -2.29. The molecule has 5 heteroatoms. The predicted octanol–water partition coefficient (Wildman–Crippen LogP) is 2.79. The van der Waals surface area contributed by atoms with Crippen molar-refractivity contribution in [1.29, 1.82) is 0 Å². The van der Waals surface area contributed by atoms with Gasteiger partial charge in [0.25, 0.3) is 0 Å². The number of anilines is 1. The van der Waals surface area contributed by atoms with E-state index in [1.165, 1.54) is 12.0 Å². The zero-order valence-electron chi connectivity index (χ0n) is 12.7. The molecular formula is C17H22N2O3. The first-order valence-electron chi connectivity index (χ1n) is 8.16. The van der Waals surface area contributed by atoms with Crippen molar-refractivity contribution in [3.8, 4) is 0 Å². The molecular weight excluding hydrogens is 280 g/mol. The van der Waals surface area contributed by atoms with Gasteiger partial charge >= 0.3 is 5.97 Å². The molecule has 2 aliphatic carbocycles. The number of carbonyl (C=O) groups is 2. The van der Waals surface area contributed by atoms with Crippen molar-refractivity contribution < 1.29 is 14.7 Å². The zero-order valence-corrected chi connectivity index (χ0v) is 12.7. The fraction of sp³-hybridized carbons (Fsp3) is 0.588. The van der Waals surface area contributed by atoms with E-state index in [1.54, 1.807) is 0 Å². The van der Waals surface area contributed by atoms with Gasteiger partial charge in [-0.25, -0.2) is 4.98 Å². The molecule has 0 unspecified atom stereocenters. The van der Waals surface area contributed by atoms with Gasteiger partial charge in [-0.2, -0.15) is 0 Å². The van der Waals surface area contributed by atoms with Crippen LogP contribution < -0.4 is 5.32 Å². The molecule has 0 spiro atoms. The third kappa shape index (κ3) is 3.29. The first-order chi connectivity index (χ1) is 10.6. The number of nitrogens with one attached hydrogen (secondary N) is 1. The lowest BCUT2D eigenvalue weighted by Gasteiger charge is -2.25. The van der Waals surface area contributed by atoms with Gasteiger partial charge in [0.15, 0.2) is 0 Å². The molecule has 1 aromatic heterocycles. The molecule has 1 heterocycles. The van der Waals surface area contributed by atoms with Crippen LogP contribution in [0.5, 0.6) is 0 Å². The lowest BCUT2D eigenvalue weighted by molar-refractivity contribution is -0.143. The maximum Gasteiger partial charge on any atom is 0.306 e. The summed E-state index contributed by atoms with van der Waals surface area (Å²) >= 11 is 0. The van der Waals surface area contributed by atoms with E-state index in [9.17, 15) is 9.59 Å². The van der Waals surface area contributed by atoms with E-state index in [1.807, 2.05) is 6.07 Å². The number of amides is 1. The third-order valence-corrected chi connectivity index (χ3v) is 4.88. The normalized spacial score (nSPS) is 24.4. The molecule has 0 aliphatic heterocycles. The van der Waals surface area contributed by atoms with Gasteiger partial charge in [-0.3, -0.25) is 9.59 Å². The van der Waals surface area contributed by atoms with Crippen molar-refractivity contribution in [3.05, 3.63) is 23.4 Å². The summed E-state index contributed by atoms with van der Waals surface area (Å²) in [5.41, 5.74) is 2.41. The summed E-state index contributed by atoms with van der Waals surface area (Å²) in [5, 5.41) is 11.9. The Morgan fingerprint density at radius 2 is 1.73 bits per heavy atom. The van der Waals surface area contributed by atoms with E-state index < -0.39 is 5.97 Å². The number of pyridine rings is 1. The summed E-state index contributed by atoms with van der Waals surface area (Å²) in [5.74, 6) is -0.507. The first-order valence-corrected chi connectivity index (χ1v) is 8.16. The Hall–Kier alpha value is -1.91. The molecule has 2 aliphatic rings. The molecule has 1 saturated carbocycles. The minimum absolute atomic E-state index is 0.0212. The second-order valence-electron chi connectivity index (χ2n) is 6.39. The Bertz CT molecular complexity index is 577. The Balaban J connectivity index is 1.59. The van der Waals surface area contributed by atoms with Crippen molar-refractivity contribution in [2.24, 2.45) is 11.8 Å². The summed E-state index contributed by atoms with van der Waals surface area (Å²) < 4.78 is 0. The summed E-state index contributed by atoms with van der Waals surface area (Å²) in [6, 6.07) is 3.95. The van der Waals surface area contributed by atoms with E-state index >= 15 is 0 Å². The quantitative estimate of drug-likeness (QED) is 0.900. The van der Waals surface area contributed by atoms with Crippen LogP contribution in [0.25, 0.3) is 0 Å². The topological polar surface area (TPSA) is 79.3 Å². The highest BCUT2D eigenvalue weighted by molar-refractivity contribution is 5.91. The van der Waals surface area contributed by atoms with E-state index in [4.69, 9.17) is 5.11 Å². The standard InChI is InChI=1S/C17H22N2O3/c20-16(12-5-7-13(8-6-12)17(21)22)19-15-10-9-11-3-1-2-4-14(11)18-15/h9-10,12-13H,1-8H2,(H,21,22)(H,18,19,20). The van der Waals surface area contributed by atoms with E-state index in [-0.39, 0.29) is 17.7 Å². The van der Waals surface area contributed by atoms with Crippen LogP contribution in [0.15, 0.2) is 12.1 Å². The van der Waals surface area contributed by atoms with Crippen LogP contribution in [-0.2, 0) is 22.4 Å². The van der Waals surface area contributed by atoms with Crippen molar-refractivity contribution in [2.75, 3.05) is 5.32 Å². The molecule has 3 rings (SSSR count). The maximum absolute atomic E-state index is 12.3. The van der Waals surface area contributed by atoms with Crippen LogP contribution >= 0.6 is 0 Å². The molecule has 22 heavy (non-hydrogen) atoms. The average Bonchev–Trinajstić information content (AvgIpc) is 2.55. The number of aliphatic carboxylic acids is 1. The van der Waals surface area contributed by atoms with Crippen LogP contribution in [0, 0.1) is 11.8 Å². The Morgan fingerprint density at radius 3 is 2.45 bits per heavy atom. The van der Waals surface area contributed by atoms with Gasteiger partial charge in [0.05, 0.1) is 5.92 Å². The number of carbonyl (C=O) groups excluding carboxylic acids is 1. The van der Waals surface area contributed by atoms with Crippen LogP contribution in [0.3, 0.4) is 0 Å². The number of rotatable bonds is 3. The molecule has 118 valence electrons. The van der Waals surface area contributed by atoms with Crippen molar-refractivity contribution in [2.45, 2.75) is 51.4 Å². The first kappa shape index (κ1) is 15.0. The molecule has 2 N–H and O–H groups in total. The van der Waals surface area contributed by atoms with Crippen LogP contribution in [0.1, 0.15) is 49.8 Å². The summed E-state index contributed by atoms with van der Waals surface area (Å²) in [7, 11) is 0. The van der Waals surface area contributed by atoms with Gasteiger partial charge in [0, 0.05) is 11.6 Å². The minimum Gasteiger partial charge on any atom is -0.481 e. The molecule has 0 bridgehead atoms.